The third kappa shape index (κ3) is 6.19. The van der Waals surface area contributed by atoms with Gasteiger partial charge in [-0.05, 0) is 35.6 Å². The summed E-state index contributed by atoms with van der Waals surface area (Å²) in [5.41, 5.74) is 8.70. The molecule has 35 heavy (non-hydrogen) atoms. The van der Waals surface area contributed by atoms with Gasteiger partial charge in [-0.1, -0.05) is 36.4 Å². The number of amidine groups is 1. The molecule has 1 fully saturated rings. The number of H-pyrrole nitrogens is 1. The Balaban J connectivity index is 0.00000342. The third-order valence-corrected chi connectivity index (χ3v) is 6.02. The lowest BCUT2D eigenvalue weighted by atomic mass is 10.0. The number of nitrogens with one attached hydrogen (secondary N) is 2. The second-order valence-corrected chi connectivity index (χ2v) is 8.31. The van der Waals surface area contributed by atoms with E-state index in [0.717, 1.165) is 11.1 Å². The number of hydrogen-bond acceptors (Lipinski definition) is 6. The van der Waals surface area contributed by atoms with Crippen molar-refractivity contribution in [1.29, 1.82) is 5.41 Å². The van der Waals surface area contributed by atoms with Crippen LogP contribution in [0.1, 0.15) is 28.8 Å². The molecule has 0 spiro atoms. The van der Waals surface area contributed by atoms with E-state index in [-0.39, 0.29) is 48.5 Å². The fourth-order valence-electron chi connectivity index (χ4n) is 4.20. The van der Waals surface area contributed by atoms with E-state index in [1.54, 1.807) is 11.1 Å². The number of halogens is 1. The number of carbonyl (C=O) groups is 2. The van der Waals surface area contributed by atoms with E-state index in [4.69, 9.17) is 20.6 Å². The zero-order valence-corrected chi connectivity index (χ0v) is 20.1. The maximum atomic E-state index is 13.0. The van der Waals surface area contributed by atoms with Crippen LogP contribution in [0.4, 0.5) is 0 Å². The number of likely N-dealkylation sites (tertiary alicyclic amines) is 1. The predicted molar refractivity (Wildman–Crippen MR) is 134 cm³/mol. The van der Waals surface area contributed by atoms with Crippen LogP contribution in [0.15, 0.2) is 60.9 Å². The molecule has 9 nitrogen and oxygen atoms in total. The molecular weight excluding hydrogens is 470 g/mol. The van der Waals surface area contributed by atoms with Gasteiger partial charge in [0.15, 0.2) is 0 Å². The fraction of sp³-hybridized carbons (Fsp3) is 0.280. The first-order chi connectivity index (χ1) is 16.4. The number of nitrogens with zero attached hydrogens (tertiary/aromatic N) is 2. The molecule has 1 amide bonds. The quantitative estimate of drug-likeness (QED) is 0.248. The first-order valence-electron chi connectivity index (χ1n) is 11.0. The minimum atomic E-state index is -0.283. The smallest absolute Gasteiger partial charge is 0.305 e. The zero-order valence-electron chi connectivity index (χ0n) is 19.3. The molecule has 10 heteroatoms. The van der Waals surface area contributed by atoms with Crippen molar-refractivity contribution in [2.24, 2.45) is 11.7 Å². The Kier molecular flexibility index (Phi) is 8.48. The number of hydrogen-bond donors (Lipinski definition) is 3. The number of nitrogen functional groups attached to an aromatic ring is 1. The van der Waals surface area contributed by atoms with Crippen LogP contribution in [0, 0.1) is 11.3 Å². The molecular formula is C25H28ClN5O4. The summed E-state index contributed by atoms with van der Waals surface area (Å²) in [5, 5.41) is 14.0. The Labute approximate surface area is 209 Å². The molecule has 0 unspecified atom stereocenters. The molecule has 0 bridgehead atoms. The Morgan fingerprint density at radius 2 is 1.77 bits per heavy atom. The number of carbonyl (C=O) groups excluding carboxylic acids is 2. The van der Waals surface area contributed by atoms with Gasteiger partial charge in [0, 0.05) is 18.3 Å². The number of aromatic nitrogens is 2. The van der Waals surface area contributed by atoms with Crippen molar-refractivity contribution < 1.29 is 19.1 Å². The number of methoxy groups -OCH3 is 1. The fourth-order valence-corrected chi connectivity index (χ4v) is 4.20. The molecule has 1 saturated heterocycles. The van der Waals surface area contributed by atoms with Crippen molar-refractivity contribution in [3.05, 3.63) is 72.1 Å². The molecule has 3 aromatic rings. The maximum Gasteiger partial charge on any atom is 0.305 e. The van der Waals surface area contributed by atoms with Crippen molar-refractivity contribution in [3.8, 4) is 16.9 Å². The molecule has 1 aromatic heterocycles. The van der Waals surface area contributed by atoms with Gasteiger partial charge in [-0.3, -0.25) is 20.1 Å². The molecule has 0 radical (unpaired) electrons. The number of aromatic amines is 1. The second-order valence-electron chi connectivity index (χ2n) is 8.31. The van der Waals surface area contributed by atoms with Crippen molar-refractivity contribution in [3.63, 3.8) is 0 Å². The molecule has 2 aromatic carbocycles. The maximum absolute atomic E-state index is 13.0. The Morgan fingerprint density at radius 1 is 1.11 bits per heavy atom. The topological polar surface area (TPSA) is 134 Å². The first kappa shape index (κ1) is 25.8. The van der Waals surface area contributed by atoms with Crippen molar-refractivity contribution in [1.82, 2.24) is 15.1 Å². The number of ether oxygens (including phenoxy) is 2. The zero-order chi connectivity index (χ0) is 24.1. The third-order valence-electron chi connectivity index (χ3n) is 6.02. The summed E-state index contributed by atoms with van der Waals surface area (Å²) >= 11 is 0. The lowest BCUT2D eigenvalue weighted by molar-refractivity contribution is -0.141. The van der Waals surface area contributed by atoms with Crippen LogP contribution in [0.25, 0.3) is 11.1 Å². The van der Waals surface area contributed by atoms with Crippen LogP contribution in [0.5, 0.6) is 5.75 Å². The van der Waals surface area contributed by atoms with Crippen LogP contribution in [-0.4, -0.2) is 59.1 Å². The molecule has 4 rings (SSSR count). The average Bonchev–Trinajstić information content (AvgIpc) is 3.53. The van der Waals surface area contributed by atoms with Gasteiger partial charge < -0.3 is 20.1 Å². The summed E-state index contributed by atoms with van der Waals surface area (Å²) in [6.45, 7) is 0.774. The number of benzene rings is 2. The molecule has 184 valence electrons. The van der Waals surface area contributed by atoms with Crippen LogP contribution < -0.4 is 10.5 Å². The minimum absolute atomic E-state index is 0. The molecule has 0 saturated carbocycles. The summed E-state index contributed by atoms with van der Waals surface area (Å²) < 4.78 is 10.8. The van der Waals surface area contributed by atoms with E-state index in [1.165, 1.54) is 13.3 Å². The van der Waals surface area contributed by atoms with Crippen LogP contribution >= 0.6 is 12.4 Å². The van der Waals surface area contributed by atoms with Crippen molar-refractivity contribution in [2.45, 2.75) is 18.9 Å². The lowest BCUT2D eigenvalue weighted by Crippen LogP contribution is -2.39. The van der Waals surface area contributed by atoms with Gasteiger partial charge in [0.2, 0.25) is 0 Å². The highest BCUT2D eigenvalue weighted by Gasteiger charge is 2.37. The van der Waals surface area contributed by atoms with Gasteiger partial charge in [-0.25, -0.2) is 0 Å². The Hall–Kier alpha value is -3.85. The molecule has 2 atom stereocenters. The molecule has 4 N–H and O–H groups in total. The number of amides is 1. The average molecular weight is 498 g/mol. The Morgan fingerprint density at radius 3 is 2.34 bits per heavy atom. The molecule has 1 aliphatic rings. The first-order valence-corrected chi connectivity index (χ1v) is 11.0. The number of esters is 1. The summed E-state index contributed by atoms with van der Waals surface area (Å²) in [4.78, 5) is 26.5. The SMILES string of the molecule is COC(=O)C[C@@H]1C[C@@H](COc2ccc(-c3ccc(C(=N)N)cc3)cc2)N(C(=O)c2cn[nH]c2)C1.Cl. The van der Waals surface area contributed by atoms with E-state index in [2.05, 4.69) is 10.2 Å². The highest BCUT2D eigenvalue weighted by Crippen LogP contribution is 2.29. The normalized spacial score (nSPS) is 16.9. The molecule has 1 aliphatic heterocycles. The predicted octanol–water partition coefficient (Wildman–Crippen LogP) is 3.26. The monoisotopic (exact) mass is 497 g/mol. The van der Waals surface area contributed by atoms with Gasteiger partial charge in [0.05, 0.1) is 31.3 Å². The summed E-state index contributed by atoms with van der Waals surface area (Å²) in [6.07, 6.45) is 3.98. The minimum Gasteiger partial charge on any atom is -0.491 e. The highest BCUT2D eigenvalue weighted by atomic mass is 35.5. The van der Waals surface area contributed by atoms with Crippen LogP contribution in [0.3, 0.4) is 0 Å². The molecule has 2 heterocycles. The highest BCUT2D eigenvalue weighted by molar-refractivity contribution is 5.95. The Bertz CT molecular complexity index is 1150. The summed E-state index contributed by atoms with van der Waals surface area (Å²) in [7, 11) is 1.37. The van der Waals surface area contributed by atoms with E-state index in [1.807, 2.05) is 48.5 Å². The largest absolute Gasteiger partial charge is 0.491 e. The van der Waals surface area contributed by atoms with Gasteiger partial charge in [0.1, 0.15) is 18.2 Å². The van der Waals surface area contributed by atoms with E-state index < -0.39 is 0 Å². The van der Waals surface area contributed by atoms with Gasteiger partial charge in [0.25, 0.3) is 5.91 Å². The van der Waals surface area contributed by atoms with Gasteiger partial charge in [-0.15, -0.1) is 12.4 Å². The lowest BCUT2D eigenvalue weighted by Gasteiger charge is -2.24. The summed E-state index contributed by atoms with van der Waals surface area (Å²) in [5.74, 6) is 0.318. The van der Waals surface area contributed by atoms with E-state index in [0.29, 0.717) is 36.4 Å². The van der Waals surface area contributed by atoms with Gasteiger partial charge in [-0.2, -0.15) is 5.10 Å². The number of nitrogens with two attached hydrogens (primary N) is 1. The van der Waals surface area contributed by atoms with Crippen molar-refractivity contribution in [2.75, 3.05) is 20.3 Å². The second kappa shape index (κ2) is 11.5. The molecule has 0 aliphatic carbocycles. The van der Waals surface area contributed by atoms with E-state index >= 15 is 0 Å². The van der Waals surface area contributed by atoms with Crippen LogP contribution in [0.2, 0.25) is 0 Å². The van der Waals surface area contributed by atoms with Crippen molar-refractivity contribution >= 4 is 30.1 Å². The van der Waals surface area contributed by atoms with Crippen LogP contribution in [-0.2, 0) is 9.53 Å². The van der Waals surface area contributed by atoms with E-state index in [9.17, 15) is 9.59 Å². The standard InChI is InChI=1S/C25H27N5O4.ClH/c1-33-23(31)11-16-10-21(30(14-16)25(32)20-12-28-29-13-20)15-34-22-8-6-18(7-9-22)17-2-4-19(5-3-17)24(26)27;/h2-9,12-13,16,21H,10-11,14-15H2,1H3,(H3,26,27)(H,28,29);1H/t16-,21-;/m0./s1. The van der Waals surface area contributed by atoms with Gasteiger partial charge >= 0.3 is 5.97 Å². The summed E-state index contributed by atoms with van der Waals surface area (Å²) in [6, 6.07) is 15.0. The number of rotatable bonds is 8.